The van der Waals surface area contributed by atoms with E-state index in [1.165, 1.54) is 67.8 Å². The third-order valence-corrected chi connectivity index (χ3v) is 6.34. The number of anilines is 1. The molecule has 3 aromatic carbocycles. The number of ether oxygens (including phenoxy) is 2. The van der Waals surface area contributed by atoms with Crippen LogP contribution in [0.5, 0.6) is 17.2 Å². The average molecular weight is 538 g/mol. The number of nitro groups is 1. The maximum atomic E-state index is 12.8. The van der Waals surface area contributed by atoms with Crippen molar-refractivity contribution >= 4 is 33.5 Å². The molecular weight excluding hydrogens is 514 g/mol. The number of nitrogens with zero attached hydrogens (tertiary/aromatic N) is 2. The second-order valence-electron chi connectivity index (χ2n) is 7.75. The third kappa shape index (κ3) is 6.65. The molecule has 0 radical (unpaired) electrons. The molecule has 0 unspecified atom stereocenters. The van der Waals surface area contributed by atoms with E-state index in [0.717, 1.165) is 0 Å². The maximum absolute atomic E-state index is 12.8. The highest BCUT2D eigenvalue weighted by molar-refractivity contribution is 7.87. The van der Waals surface area contributed by atoms with E-state index in [0.29, 0.717) is 16.9 Å². The summed E-state index contributed by atoms with van der Waals surface area (Å²) in [5.41, 5.74) is 0.239. The number of nitriles is 1. The number of benzene rings is 3. The monoisotopic (exact) mass is 537 g/mol. The van der Waals surface area contributed by atoms with Crippen LogP contribution in [0.2, 0.25) is 0 Å². The highest BCUT2D eigenvalue weighted by atomic mass is 32.2. The minimum absolute atomic E-state index is 0.0604. The van der Waals surface area contributed by atoms with Gasteiger partial charge in [-0.25, -0.2) is 0 Å². The molecule has 3 aromatic rings. The number of carbonyl (C=O) groups excluding carboxylic acids is 1. The Bertz CT molecular complexity index is 1540. The fourth-order valence-electron chi connectivity index (χ4n) is 3.26. The van der Waals surface area contributed by atoms with E-state index < -0.39 is 20.9 Å². The molecule has 3 rings (SSSR count). The first-order valence-electron chi connectivity index (χ1n) is 11.1. The molecular formula is C26H23N3O8S. The molecule has 0 aliphatic carbocycles. The van der Waals surface area contributed by atoms with Crippen molar-refractivity contribution in [3.8, 4) is 23.3 Å². The molecule has 196 valence electrons. The lowest BCUT2D eigenvalue weighted by atomic mass is 10.1. The van der Waals surface area contributed by atoms with Gasteiger partial charge in [0.15, 0.2) is 11.5 Å². The number of carbonyl (C=O) groups is 1. The summed E-state index contributed by atoms with van der Waals surface area (Å²) in [7, 11) is -2.75. The number of nitrogens with one attached hydrogen (secondary N) is 1. The predicted molar refractivity (Wildman–Crippen MR) is 138 cm³/mol. The van der Waals surface area contributed by atoms with E-state index in [4.69, 9.17) is 13.7 Å². The van der Waals surface area contributed by atoms with E-state index in [-0.39, 0.29) is 39.9 Å². The average Bonchev–Trinajstić information content (AvgIpc) is 2.89. The molecule has 0 atom stereocenters. The first-order valence-corrected chi connectivity index (χ1v) is 12.5. The molecule has 0 saturated heterocycles. The van der Waals surface area contributed by atoms with Gasteiger partial charge < -0.3 is 19.0 Å². The lowest BCUT2D eigenvalue weighted by Gasteiger charge is -2.13. The van der Waals surface area contributed by atoms with Crippen LogP contribution in [0.25, 0.3) is 6.08 Å². The van der Waals surface area contributed by atoms with E-state index in [2.05, 4.69) is 5.32 Å². The zero-order valence-corrected chi connectivity index (χ0v) is 21.4. The summed E-state index contributed by atoms with van der Waals surface area (Å²) in [4.78, 5) is 23.3. The lowest BCUT2D eigenvalue weighted by molar-refractivity contribution is -0.384. The Hall–Kier alpha value is -4.89. The van der Waals surface area contributed by atoms with Gasteiger partial charge in [-0.05, 0) is 73.5 Å². The Balaban J connectivity index is 1.89. The summed E-state index contributed by atoms with van der Waals surface area (Å²) in [5.74, 6) is -0.424. The van der Waals surface area contributed by atoms with Crippen LogP contribution in [0.1, 0.15) is 18.1 Å². The molecule has 38 heavy (non-hydrogen) atoms. The molecule has 1 amide bonds. The normalized spacial score (nSPS) is 11.3. The van der Waals surface area contributed by atoms with E-state index in [9.17, 15) is 28.6 Å². The number of aryl methyl sites for hydroxylation is 1. The van der Waals surface area contributed by atoms with Gasteiger partial charge in [0.1, 0.15) is 28.0 Å². The van der Waals surface area contributed by atoms with Gasteiger partial charge in [-0.2, -0.15) is 13.7 Å². The summed E-state index contributed by atoms with van der Waals surface area (Å²) < 4.78 is 41.3. The number of methoxy groups -OCH3 is 1. The Labute approximate surface area is 219 Å². The van der Waals surface area contributed by atoms with Crippen molar-refractivity contribution in [2.24, 2.45) is 0 Å². The molecule has 12 heteroatoms. The Morgan fingerprint density at radius 1 is 1.11 bits per heavy atom. The van der Waals surface area contributed by atoms with Crippen molar-refractivity contribution in [1.29, 1.82) is 5.26 Å². The molecule has 0 aliphatic rings. The molecule has 0 spiro atoms. The summed E-state index contributed by atoms with van der Waals surface area (Å²) >= 11 is 0. The number of nitro benzene ring substituents is 1. The Kier molecular flexibility index (Phi) is 8.67. The van der Waals surface area contributed by atoms with Crippen LogP contribution >= 0.6 is 0 Å². The number of hydrogen-bond acceptors (Lipinski definition) is 9. The summed E-state index contributed by atoms with van der Waals surface area (Å²) in [6, 6.07) is 15.8. The quantitative estimate of drug-likeness (QED) is 0.128. The molecule has 0 heterocycles. The molecule has 0 aliphatic heterocycles. The minimum atomic E-state index is -4.20. The van der Waals surface area contributed by atoms with Crippen LogP contribution in [-0.2, 0) is 14.9 Å². The van der Waals surface area contributed by atoms with Crippen molar-refractivity contribution < 1.29 is 31.8 Å². The van der Waals surface area contributed by atoms with Crippen molar-refractivity contribution in [1.82, 2.24) is 0 Å². The van der Waals surface area contributed by atoms with E-state index >= 15 is 0 Å². The second-order valence-corrected chi connectivity index (χ2v) is 9.30. The van der Waals surface area contributed by atoms with Crippen LogP contribution in [0.4, 0.5) is 11.4 Å². The van der Waals surface area contributed by atoms with Gasteiger partial charge in [-0.3, -0.25) is 14.9 Å². The van der Waals surface area contributed by atoms with E-state index in [1.807, 2.05) is 0 Å². The molecule has 0 fully saturated rings. The van der Waals surface area contributed by atoms with Crippen LogP contribution in [0.3, 0.4) is 0 Å². The SMILES string of the molecule is CCOc1cc(/C=C(\C#N)C(=O)Nc2ccc(C)cc2[N+](=O)[O-])ccc1OS(=O)(=O)c1ccc(OC)cc1. The largest absolute Gasteiger partial charge is 0.497 e. The van der Waals surface area contributed by atoms with Crippen molar-refractivity contribution in [2.45, 2.75) is 18.7 Å². The number of hydrogen-bond donors (Lipinski definition) is 1. The number of amides is 1. The summed E-state index contributed by atoms with van der Waals surface area (Å²) in [6.45, 7) is 3.53. The van der Waals surface area contributed by atoms with Crippen molar-refractivity contribution in [3.05, 3.63) is 87.5 Å². The van der Waals surface area contributed by atoms with Gasteiger partial charge in [0, 0.05) is 6.07 Å². The van der Waals surface area contributed by atoms with Crippen LogP contribution < -0.4 is 19.0 Å². The first kappa shape index (κ1) is 27.7. The van der Waals surface area contributed by atoms with Gasteiger partial charge in [0.05, 0.1) is 18.6 Å². The van der Waals surface area contributed by atoms with Crippen molar-refractivity contribution in [2.75, 3.05) is 19.0 Å². The Morgan fingerprint density at radius 2 is 1.82 bits per heavy atom. The van der Waals surface area contributed by atoms with Gasteiger partial charge in [-0.1, -0.05) is 12.1 Å². The fraction of sp³-hybridized carbons (Fsp3) is 0.154. The summed E-state index contributed by atoms with van der Waals surface area (Å²) in [6.07, 6.45) is 1.24. The zero-order valence-electron chi connectivity index (χ0n) is 20.6. The van der Waals surface area contributed by atoms with Gasteiger partial charge in [-0.15, -0.1) is 0 Å². The molecule has 0 aromatic heterocycles. The van der Waals surface area contributed by atoms with Gasteiger partial charge in [0.2, 0.25) is 0 Å². The van der Waals surface area contributed by atoms with Crippen LogP contribution in [0, 0.1) is 28.4 Å². The van der Waals surface area contributed by atoms with Crippen LogP contribution in [0.15, 0.2) is 71.1 Å². The Morgan fingerprint density at radius 3 is 2.42 bits per heavy atom. The first-order chi connectivity index (χ1) is 18.1. The minimum Gasteiger partial charge on any atom is -0.497 e. The van der Waals surface area contributed by atoms with Gasteiger partial charge in [0.25, 0.3) is 11.6 Å². The molecule has 0 bridgehead atoms. The second kappa shape index (κ2) is 11.9. The predicted octanol–water partition coefficient (Wildman–Crippen LogP) is 4.62. The standard InChI is InChI=1S/C26H23N3O8S/c1-4-36-25-15-18(6-12-24(25)37-38(33,34)21-9-7-20(35-3)8-10-21)14-19(16-27)26(30)28-22-11-5-17(2)13-23(22)29(31)32/h5-15H,4H2,1-3H3,(H,28,30)/b19-14+. The van der Waals surface area contributed by atoms with Crippen LogP contribution in [-0.4, -0.2) is 33.0 Å². The smallest absolute Gasteiger partial charge is 0.339 e. The zero-order chi connectivity index (χ0) is 27.9. The highest BCUT2D eigenvalue weighted by Gasteiger charge is 2.21. The third-order valence-electron chi connectivity index (χ3n) is 5.09. The van der Waals surface area contributed by atoms with Gasteiger partial charge >= 0.3 is 10.1 Å². The maximum Gasteiger partial charge on any atom is 0.339 e. The summed E-state index contributed by atoms with van der Waals surface area (Å²) in [5, 5.41) is 23.3. The molecule has 0 saturated carbocycles. The van der Waals surface area contributed by atoms with Crippen molar-refractivity contribution in [3.63, 3.8) is 0 Å². The molecule has 1 N–H and O–H groups in total. The number of rotatable bonds is 10. The lowest BCUT2D eigenvalue weighted by Crippen LogP contribution is -2.14. The van der Waals surface area contributed by atoms with E-state index in [1.54, 1.807) is 26.0 Å². The fourth-order valence-corrected chi connectivity index (χ4v) is 4.20. The highest BCUT2D eigenvalue weighted by Crippen LogP contribution is 2.32. The molecule has 11 nitrogen and oxygen atoms in total. The topological polar surface area (TPSA) is 158 Å².